The number of sulfonamides is 1. The largest absolute Gasteiger partial charge is 0.326 e. The van der Waals surface area contributed by atoms with Crippen LogP contribution in [0.1, 0.15) is 30.4 Å². The first-order valence-corrected chi connectivity index (χ1v) is 10.6. The van der Waals surface area contributed by atoms with E-state index in [0.717, 1.165) is 17.5 Å². The second kappa shape index (κ2) is 8.08. The quantitative estimate of drug-likeness (QED) is 0.848. The van der Waals surface area contributed by atoms with E-state index in [0.29, 0.717) is 30.8 Å². The van der Waals surface area contributed by atoms with Crippen molar-refractivity contribution in [3.63, 3.8) is 0 Å². The molecule has 0 aromatic heterocycles. The summed E-state index contributed by atoms with van der Waals surface area (Å²) in [6.45, 7) is 2.32. The zero-order valence-electron chi connectivity index (χ0n) is 15.2. The number of benzene rings is 2. The molecule has 0 bridgehead atoms. The summed E-state index contributed by atoms with van der Waals surface area (Å²) in [6, 6.07) is 11.4. The number of rotatable bonds is 5. The molecular weight excluding hydrogens is 367 g/mol. The predicted molar refractivity (Wildman–Crippen MR) is 105 cm³/mol. The molecular formula is C20H23FN2O3S. The van der Waals surface area contributed by atoms with Crippen LogP contribution in [0.5, 0.6) is 0 Å². The van der Waals surface area contributed by atoms with Crippen molar-refractivity contribution in [3.8, 4) is 0 Å². The van der Waals surface area contributed by atoms with Gasteiger partial charge in [0, 0.05) is 18.7 Å². The zero-order valence-corrected chi connectivity index (χ0v) is 16.1. The van der Waals surface area contributed by atoms with Crippen LogP contribution in [0.3, 0.4) is 0 Å². The van der Waals surface area contributed by atoms with Gasteiger partial charge < -0.3 is 5.32 Å². The van der Waals surface area contributed by atoms with Gasteiger partial charge in [0.2, 0.25) is 15.9 Å². The van der Waals surface area contributed by atoms with Crippen molar-refractivity contribution in [1.29, 1.82) is 0 Å². The maximum Gasteiger partial charge on any atom is 0.235 e. The number of hydrogen-bond acceptors (Lipinski definition) is 3. The molecule has 0 spiro atoms. The van der Waals surface area contributed by atoms with Crippen molar-refractivity contribution >= 4 is 27.3 Å². The molecule has 144 valence electrons. The third-order valence-corrected chi connectivity index (χ3v) is 6.48. The summed E-state index contributed by atoms with van der Waals surface area (Å²) in [7, 11) is -3.26. The number of carbonyl (C=O) groups excluding carboxylic acids is 1. The number of hydrogen-bond donors (Lipinski definition) is 1. The minimum Gasteiger partial charge on any atom is -0.326 e. The van der Waals surface area contributed by atoms with Crippen LogP contribution < -0.4 is 9.62 Å². The van der Waals surface area contributed by atoms with Crippen LogP contribution in [-0.4, -0.2) is 26.6 Å². The van der Waals surface area contributed by atoms with Crippen molar-refractivity contribution in [3.05, 3.63) is 59.4 Å². The molecule has 1 N–H and O–H groups in total. The zero-order chi connectivity index (χ0) is 19.4. The Morgan fingerprint density at radius 2 is 2.00 bits per heavy atom. The minimum absolute atomic E-state index is 0.169. The molecule has 0 aliphatic carbocycles. The smallest absolute Gasteiger partial charge is 0.235 e. The normalized spacial score (nSPS) is 16.1. The van der Waals surface area contributed by atoms with Crippen LogP contribution >= 0.6 is 0 Å². The molecule has 2 aromatic carbocycles. The fourth-order valence-electron chi connectivity index (χ4n) is 3.25. The van der Waals surface area contributed by atoms with E-state index < -0.39 is 10.0 Å². The van der Waals surface area contributed by atoms with Crippen molar-refractivity contribution in [2.24, 2.45) is 0 Å². The van der Waals surface area contributed by atoms with Gasteiger partial charge in [-0.25, -0.2) is 12.8 Å². The first-order chi connectivity index (χ1) is 12.8. The van der Waals surface area contributed by atoms with Crippen LogP contribution in [-0.2, 0) is 21.2 Å². The summed E-state index contributed by atoms with van der Waals surface area (Å²) in [5.74, 6) is -0.311. The van der Waals surface area contributed by atoms with Crippen molar-refractivity contribution < 1.29 is 17.6 Å². The topological polar surface area (TPSA) is 66.5 Å². The van der Waals surface area contributed by atoms with Gasteiger partial charge in [0.15, 0.2) is 0 Å². The molecule has 0 saturated carbocycles. The monoisotopic (exact) mass is 390 g/mol. The summed E-state index contributed by atoms with van der Waals surface area (Å²) in [4.78, 5) is 12.2. The number of aryl methyl sites for hydroxylation is 2. The van der Waals surface area contributed by atoms with E-state index in [4.69, 9.17) is 0 Å². The highest BCUT2D eigenvalue weighted by Gasteiger charge is 2.27. The predicted octanol–water partition coefficient (Wildman–Crippen LogP) is 3.64. The molecule has 0 unspecified atom stereocenters. The van der Waals surface area contributed by atoms with Gasteiger partial charge in [-0.1, -0.05) is 12.1 Å². The molecule has 27 heavy (non-hydrogen) atoms. The first-order valence-electron chi connectivity index (χ1n) is 9.00. The average molecular weight is 390 g/mol. The van der Waals surface area contributed by atoms with Gasteiger partial charge in [0.25, 0.3) is 0 Å². The van der Waals surface area contributed by atoms with E-state index >= 15 is 0 Å². The molecule has 7 heteroatoms. The second-order valence-electron chi connectivity index (χ2n) is 6.77. The Balaban J connectivity index is 1.64. The SMILES string of the molecule is Cc1cc(NC(=O)CCc2cccc(F)c2)ccc1N1CCCCS1(=O)=O. The second-order valence-corrected chi connectivity index (χ2v) is 8.79. The lowest BCUT2D eigenvalue weighted by atomic mass is 10.1. The van der Waals surface area contributed by atoms with Gasteiger partial charge in [-0.05, 0) is 67.6 Å². The van der Waals surface area contributed by atoms with Gasteiger partial charge in [-0.15, -0.1) is 0 Å². The van der Waals surface area contributed by atoms with E-state index in [2.05, 4.69) is 5.32 Å². The molecule has 5 nitrogen and oxygen atoms in total. The highest BCUT2D eigenvalue weighted by Crippen LogP contribution is 2.29. The Bertz CT molecular complexity index is 944. The molecule has 1 amide bonds. The maximum absolute atomic E-state index is 13.2. The lowest BCUT2D eigenvalue weighted by Gasteiger charge is -2.29. The Hall–Kier alpha value is -2.41. The molecule has 2 aromatic rings. The summed E-state index contributed by atoms with van der Waals surface area (Å²) in [6.07, 6.45) is 2.23. The number of carbonyl (C=O) groups is 1. The van der Waals surface area contributed by atoms with E-state index in [1.807, 2.05) is 6.92 Å². The Morgan fingerprint density at radius 1 is 1.19 bits per heavy atom. The number of nitrogens with one attached hydrogen (secondary N) is 1. The number of halogens is 1. The highest BCUT2D eigenvalue weighted by molar-refractivity contribution is 7.92. The van der Waals surface area contributed by atoms with Crippen molar-refractivity contribution in [1.82, 2.24) is 0 Å². The van der Waals surface area contributed by atoms with E-state index in [1.165, 1.54) is 16.4 Å². The Labute approximate surface area is 159 Å². The Morgan fingerprint density at radius 3 is 2.70 bits per heavy atom. The number of anilines is 2. The lowest BCUT2D eigenvalue weighted by molar-refractivity contribution is -0.116. The lowest BCUT2D eigenvalue weighted by Crippen LogP contribution is -2.38. The fourth-order valence-corrected chi connectivity index (χ4v) is 4.95. The summed E-state index contributed by atoms with van der Waals surface area (Å²) >= 11 is 0. The molecule has 3 rings (SSSR count). The first kappa shape index (κ1) is 19.4. The number of nitrogens with zero attached hydrogens (tertiary/aromatic N) is 1. The van der Waals surface area contributed by atoms with Gasteiger partial charge in [-0.3, -0.25) is 9.10 Å². The highest BCUT2D eigenvalue weighted by atomic mass is 32.2. The molecule has 0 radical (unpaired) electrons. The van der Waals surface area contributed by atoms with Crippen LogP contribution in [0.25, 0.3) is 0 Å². The van der Waals surface area contributed by atoms with Crippen LogP contribution in [0.4, 0.5) is 15.8 Å². The molecule has 1 aliphatic heterocycles. The molecule has 1 aliphatic rings. The molecule has 1 heterocycles. The third kappa shape index (κ3) is 4.86. The fraction of sp³-hybridized carbons (Fsp3) is 0.350. The molecule has 1 saturated heterocycles. The number of amides is 1. The minimum atomic E-state index is -3.26. The summed E-state index contributed by atoms with van der Waals surface area (Å²) in [5, 5.41) is 2.82. The maximum atomic E-state index is 13.2. The van der Waals surface area contributed by atoms with Crippen molar-refractivity contribution in [2.45, 2.75) is 32.6 Å². The van der Waals surface area contributed by atoms with Gasteiger partial charge in [0.05, 0.1) is 11.4 Å². The van der Waals surface area contributed by atoms with E-state index in [-0.39, 0.29) is 23.9 Å². The van der Waals surface area contributed by atoms with Crippen LogP contribution in [0.15, 0.2) is 42.5 Å². The van der Waals surface area contributed by atoms with Crippen LogP contribution in [0, 0.1) is 12.7 Å². The standard InChI is InChI=1S/C20H23FN2O3S/c1-15-13-18(8-9-19(15)23-11-2-3-12-27(23,25)26)22-20(24)10-7-16-5-4-6-17(21)14-16/h4-6,8-9,13-14H,2-3,7,10-12H2,1H3,(H,22,24). The molecule has 1 fully saturated rings. The van der Waals surface area contributed by atoms with Gasteiger partial charge in [0.1, 0.15) is 5.82 Å². The summed E-state index contributed by atoms with van der Waals surface area (Å²) in [5.41, 5.74) is 2.85. The van der Waals surface area contributed by atoms with E-state index in [9.17, 15) is 17.6 Å². The van der Waals surface area contributed by atoms with E-state index in [1.54, 1.807) is 30.3 Å². The summed E-state index contributed by atoms with van der Waals surface area (Å²) < 4.78 is 39.2. The molecule has 0 atom stereocenters. The van der Waals surface area contributed by atoms with Gasteiger partial charge >= 0.3 is 0 Å². The van der Waals surface area contributed by atoms with Crippen LogP contribution in [0.2, 0.25) is 0 Å². The third-order valence-electron chi connectivity index (χ3n) is 4.63. The average Bonchev–Trinajstić information content (AvgIpc) is 2.61. The van der Waals surface area contributed by atoms with Gasteiger partial charge in [-0.2, -0.15) is 0 Å². The van der Waals surface area contributed by atoms with Crippen molar-refractivity contribution in [2.75, 3.05) is 21.9 Å². The Kier molecular flexibility index (Phi) is 5.79.